The molecule has 0 atom stereocenters. The first-order valence-corrected chi connectivity index (χ1v) is 8.04. The quantitative estimate of drug-likeness (QED) is 0.939. The predicted molar refractivity (Wildman–Crippen MR) is 90.4 cm³/mol. The van der Waals surface area contributed by atoms with E-state index in [0.717, 1.165) is 23.2 Å². The number of amides is 2. The van der Waals surface area contributed by atoms with Gasteiger partial charge in [0.2, 0.25) is 5.91 Å². The van der Waals surface area contributed by atoms with Gasteiger partial charge in [-0.3, -0.25) is 9.59 Å². The van der Waals surface area contributed by atoms with E-state index in [1.165, 1.54) is 12.1 Å². The number of hydrogen-bond acceptors (Lipinski definition) is 2. The van der Waals surface area contributed by atoms with Gasteiger partial charge in [-0.25, -0.2) is 4.39 Å². The first kappa shape index (κ1) is 16.2. The summed E-state index contributed by atoms with van der Waals surface area (Å²) in [6, 6.07) is 11.5. The number of nitrogens with one attached hydrogen (secondary N) is 1. The Labute approximate surface area is 140 Å². The Hall–Kier alpha value is -2.69. The lowest BCUT2D eigenvalue weighted by Crippen LogP contribution is -2.27. The highest BCUT2D eigenvalue weighted by Gasteiger charge is 2.24. The van der Waals surface area contributed by atoms with Gasteiger partial charge in [0.1, 0.15) is 5.82 Å². The van der Waals surface area contributed by atoms with Gasteiger partial charge in [0.05, 0.1) is 0 Å². The number of carbonyl (C=O) groups excluding carboxylic acids is 2. The zero-order chi connectivity index (χ0) is 17.1. The van der Waals surface area contributed by atoms with E-state index in [-0.39, 0.29) is 17.6 Å². The third-order valence-electron chi connectivity index (χ3n) is 4.21. The number of benzene rings is 2. The molecule has 1 aliphatic heterocycles. The molecule has 0 bridgehead atoms. The third kappa shape index (κ3) is 3.30. The zero-order valence-corrected chi connectivity index (χ0v) is 13.5. The van der Waals surface area contributed by atoms with Gasteiger partial charge in [-0.05, 0) is 47.9 Å². The minimum absolute atomic E-state index is 0.0993. The standard InChI is InChI=1S/C19H19FN2O2/c1-2-18(23)22-10-9-14-11-15(5-8-17(14)22)19(24)21-12-13-3-6-16(20)7-4-13/h3-8,11H,2,9-10,12H2,1H3,(H,21,24). The second-order valence-electron chi connectivity index (χ2n) is 5.80. The van der Waals surface area contributed by atoms with Crippen molar-refractivity contribution in [3.63, 3.8) is 0 Å². The Morgan fingerprint density at radius 2 is 1.92 bits per heavy atom. The van der Waals surface area contributed by atoms with Crippen LogP contribution in [-0.2, 0) is 17.8 Å². The molecule has 0 unspecified atom stereocenters. The second kappa shape index (κ2) is 6.83. The average molecular weight is 326 g/mol. The highest BCUT2D eigenvalue weighted by Crippen LogP contribution is 2.29. The minimum Gasteiger partial charge on any atom is -0.348 e. The molecule has 2 aromatic rings. The molecule has 2 amide bonds. The molecular formula is C19H19FN2O2. The minimum atomic E-state index is -0.296. The first-order valence-electron chi connectivity index (χ1n) is 8.04. The van der Waals surface area contributed by atoms with E-state index in [2.05, 4.69) is 5.32 Å². The normalized spacial score (nSPS) is 12.8. The van der Waals surface area contributed by atoms with Gasteiger partial charge >= 0.3 is 0 Å². The molecule has 4 nitrogen and oxygen atoms in total. The number of halogens is 1. The smallest absolute Gasteiger partial charge is 0.251 e. The van der Waals surface area contributed by atoms with Crippen LogP contribution in [0, 0.1) is 5.82 Å². The summed E-state index contributed by atoms with van der Waals surface area (Å²) in [5.74, 6) is -0.375. The van der Waals surface area contributed by atoms with Crippen molar-refractivity contribution in [1.29, 1.82) is 0 Å². The van der Waals surface area contributed by atoms with Gasteiger partial charge in [-0.1, -0.05) is 19.1 Å². The Morgan fingerprint density at radius 1 is 1.17 bits per heavy atom. The van der Waals surface area contributed by atoms with E-state index in [4.69, 9.17) is 0 Å². The fourth-order valence-electron chi connectivity index (χ4n) is 2.88. The maximum absolute atomic E-state index is 12.9. The van der Waals surface area contributed by atoms with Crippen molar-refractivity contribution in [3.05, 3.63) is 65.0 Å². The van der Waals surface area contributed by atoms with Crippen molar-refractivity contribution >= 4 is 17.5 Å². The topological polar surface area (TPSA) is 49.4 Å². The molecule has 1 heterocycles. The van der Waals surface area contributed by atoms with E-state index in [1.54, 1.807) is 23.1 Å². The number of rotatable bonds is 4. The maximum Gasteiger partial charge on any atom is 0.251 e. The van der Waals surface area contributed by atoms with Crippen LogP contribution in [0.5, 0.6) is 0 Å². The van der Waals surface area contributed by atoms with Crippen molar-refractivity contribution < 1.29 is 14.0 Å². The van der Waals surface area contributed by atoms with E-state index in [0.29, 0.717) is 25.1 Å². The molecule has 0 spiro atoms. The maximum atomic E-state index is 12.9. The number of carbonyl (C=O) groups is 2. The summed E-state index contributed by atoms with van der Waals surface area (Å²) in [5, 5.41) is 2.83. The van der Waals surface area contributed by atoms with E-state index >= 15 is 0 Å². The molecule has 24 heavy (non-hydrogen) atoms. The first-order chi connectivity index (χ1) is 11.6. The van der Waals surface area contributed by atoms with Gasteiger partial charge in [0.15, 0.2) is 0 Å². The van der Waals surface area contributed by atoms with Crippen molar-refractivity contribution in [2.45, 2.75) is 26.3 Å². The highest BCUT2D eigenvalue weighted by atomic mass is 19.1. The van der Waals surface area contributed by atoms with E-state index in [9.17, 15) is 14.0 Å². The summed E-state index contributed by atoms with van der Waals surface area (Å²) in [4.78, 5) is 26.0. The van der Waals surface area contributed by atoms with Crippen LogP contribution in [0.4, 0.5) is 10.1 Å². The summed E-state index contributed by atoms with van der Waals surface area (Å²) in [6.45, 7) is 2.86. The summed E-state index contributed by atoms with van der Waals surface area (Å²) < 4.78 is 12.9. The predicted octanol–water partition coefficient (Wildman–Crippen LogP) is 3.05. The molecule has 0 fully saturated rings. The van der Waals surface area contributed by atoms with Crippen LogP contribution >= 0.6 is 0 Å². The van der Waals surface area contributed by atoms with Crippen molar-refractivity contribution in [1.82, 2.24) is 5.32 Å². The number of anilines is 1. The van der Waals surface area contributed by atoms with Crippen LogP contribution in [0.2, 0.25) is 0 Å². The Kier molecular flexibility index (Phi) is 4.60. The molecule has 5 heteroatoms. The number of nitrogens with zero attached hydrogens (tertiary/aromatic N) is 1. The molecule has 3 rings (SSSR count). The molecular weight excluding hydrogens is 307 g/mol. The molecule has 1 N–H and O–H groups in total. The molecule has 0 aromatic heterocycles. The monoisotopic (exact) mass is 326 g/mol. The SMILES string of the molecule is CCC(=O)N1CCc2cc(C(=O)NCc3ccc(F)cc3)ccc21. The molecule has 124 valence electrons. The van der Waals surface area contributed by atoms with Crippen LogP contribution in [0.3, 0.4) is 0 Å². The summed E-state index contributed by atoms with van der Waals surface area (Å²) in [5.41, 5.74) is 3.33. The molecule has 2 aromatic carbocycles. The van der Waals surface area contributed by atoms with Gasteiger partial charge in [0, 0.05) is 30.8 Å². The van der Waals surface area contributed by atoms with Gasteiger partial charge < -0.3 is 10.2 Å². The third-order valence-corrected chi connectivity index (χ3v) is 4.21. The molecule has 0 radical (unpaired) electrons. The van der Waals surface area contributed by atoms with Crippen LogP contribution < -0.4 is 10.2 Å². The molecule has 1 aliphatic rings. The van der Waals surface area contributed by atoms with E-state index < -0.39 is 0 Å². The highest BCUT2D eigenvalue weighted by molar-refractivity contribution is 5.98. The van der Waals surface area contributed by atoms with Gasteiger partial charge in [0.25, 0.3) is 5.91 Å². The fraction of sp³-hybridized carbons (Fsp3) is 0.263. The lowest BCUT2D eigenvalue weighted by molar-refractivity contribution is -0.118. The molecule has 0 aliphatic carbocycles. The summed E-state index contributed by atoms with van der Waals surface area (Å²) in [7, 11) is 0. The van der Waals surface area contributed by atoms with Crippen LogP contribution in [0.1, 0.15) is 34.8 Å². The average Bonchev–Trinajstić information content (AvgIpc) is 3.03. The number of hydrogen-bond donors (Lipinski definition) is 1. The van der Waals surface area contributed by atoms with Crippen LogP contribution in [0.25, 0.3) is 0 Å². The molecule has 0 saturated carbocycles. The van der Waals surface area contributed by atoms with E-state index in [1.807, 2.05) is 19.1 Å². The Balaban J connectivity index is 1.68. The number of fused-ring (bicyclic) bond motifs is 1. The van der Waals surface area contributed by atoms with Crippen molar-refractivity contribution in [2.75, 3.05) is 11.4 Å². The molecule has 0 saturated heterocycles. The zero-order valence-electron chi connectivity index (χ0n) is 13.5. The Morgan fingerprint density at radius 3 is 2.62 bits per heavy atom. The lowest BCUT2D eigenvalue weighted by Gasteiger charge is -2.16. The van der Waals surface area contributed by atoms with Crippen LogP contribution in [0.15, 0.2) is 42.5 Å². The van der Waals surface area contributed by atoms with Gasteiger partial charge in [-0.15, -0.1) is 0 Å². The lowest BCUT2D eigenvalue weighted by atomic mass is 10.1. The second-order valence-corrected chi connectivity index (χ2v) is 5.80. The van der Waals surface area contributed by atoms with Crippen LogP contribution in [-0.4, -0.2) is 18.4 Å². The largest absolute Gasteiger partial charge is 0.348 e. The van der Waals surface area contributed by atoms with Crippen molar-refractivity contribution in [2.24, 2.45) is 0 Å². The summed E-state index contributed by atoms with van der Waals surface area (Å²) in [6.07, 6.45) is 1.24. The Bertz CT molecular complexity index is 771. The fourth-order valence-corrected chi connectivity index (χ4v) is 2.88. The van der Waals surface area contributed by atoms with Gasteiger partial charge in [-0.2, -0.15) is 0 Å². The summed E-state index contributed by atoms with van der Waals surface area (Å²) >= 11 is 0. The van der Waals surface area contributed by atoms with Crippen molar-refractivity contribution in [3.8, 4) is 0 Å².